The Morgan fingerprint density at radius 1 is 1.21 bits per heavy atom. The van der Waals surface area contributed by atoms with Crippen molar-refractivity contribution in [1.29, 1.82) is 0 Å². The van der Waals surface area contributed by atoms with Crippen LogP contribution in [0.5, 0.6) is 0 Å². The molecule has 0 N–H and O–H groups in total. The topological polar surface area (TPSA) is 49.6 Å². The van der Waals surface area contributed by atoms with Gasteiger partial charge in [0, 0.05) is 48.7 Å². The molecular weight excluding hydrogens is 322 g/mol. The van der Waals surface area contributed by atoms with E-state index < -0.39 is 0 Å². The summed E-state index contributed by atoms with van der Waals surface area (Å²) in [6.45, 7) is 5.19. The molecule has 3 aromatic rings. The number of rotatable bonds is 2. The van der Waals surface area contributed by atoms with Crippen molar-refractivity contribution in [3.63, 3.8) is 0 Å². The number of aromatic nitrogens is 1. The average molecular weight is 341 g/mol. The minimum atomic E-state index is 0.0942. The lowest BCUT2D eigenvalue weighted by Crippen LogP contribution is -2.35. The third-order valence-corrected chi connectivity index (χ3v) is 5.19. The fraction of sp³-hybridized carbons (Fsp3) is 0.333. The molecule has 5 nitrogen and oxygen atoms in total. The van der Waals surface area contributed by atoms with Crippen LogP contribution in [0.1, 0.15) is 22.5 Å². The second-order valence-electron chi connectivity index (χ2n) is 6.06. The van der Waals surface area contributed by atoms with Crippen LogP contribution in [0.3, 0.4) is 0 Å². The first-order chi connectivity index (χ1) is 11.7. The zero-order chi connectivity index (χ0) is 16.5. The smallest absolute Gasteiger partial charge is 0.253 e. The molecule has 1 aliphatic rings. The first kappa shape index (κ1) is 15.2. The molecule has 124 valence electrons. The van der Waals surface area contributed by atoms with E-state index in [1.165, 1.54) is 0 Å². The fourth-order valence-corrected chi connectivity index (χ4v) is 3.87. The van der Waals surface area contributed by atoms with E-state index in [0.717, 1.165) is 60.0 Å². The summed E-state index contributed by atoms with van der Waals surface area (Å²) in [7, 11) is 0. The monoisotopic (exact) mass is 341 g/mol. The molecule has 3 heterocycles. The number of anilines is 1. The lowest BCUT2D eigenvalue weighted by molar-refractivity contribution is 0.0767. The molecule has 1 fully saturated rings. The molecule has 0 unspecified atom stereocenters. The highest BCUT2D eigenvalue weighted by molar-refractivity contribution is 7.13. The van der Waals surface area contributed by atoms with Gasteiger partial charge in [-0.1, -0.05) is 0 Å². The van der Waals surface area contributed by atoms with E-state index in [9.17, 15) is 4.79 Å². The highest BCUT2D eigenvalue weighted by atomic mass is 32.1. The Labute approximate surface area is 144 Å². The molecule has 0 saturated carbocycles. The van der Waals surface area contributed by atoms with E-state index in [-0.39, 0.29) is 5.91 Å². The standard InChI is InChI=1S/C18H19N3O2S/c1-13-11-15-12-14(3-4-16(15)23-13)17(22)20-6-2-7-21(9-8-20)18-19-5-10-24-18/h3-5,10-12H,2,6-9H2,1H3. The number of nitrogens with zero attached hydrogens (tertiary/aromatic N) is 3. The quantitative estimate of drug-likeness (QED) is 0.715. The number of carbonyl (C=O) groups is 1. The summed E-state index contributed by atoms with van der Waals surface area (Å²) in [5, 5.41) is 4.02. The summed E-state index contributed by atoms with van der Waals surface area (Å²) in [5.41, 5.74) is 1.56. The lowest BCUT2D eigenvalue weighted by atomic mass is 10.1. The predicted molar refractivity (Wildman–Crippen MR) is 95.8 cm³/mol. The molecule has 1 aliphatic heterocycles. The normalized spacial score (nSPS) is 15.7. The number of hydrogen-bond acceptors (Lipinski definition) is 5. The Morgan fingerprint density at radius 3 is 2.96 bits per heavy atom. The largest absolute Gasteiger partial charge is 0.461 e. The first-order valence-electron chi connectivity index (χ1n) is 8.14. The number of thiazole rings is 1. The molecular formula is C18H19N3O2S. The first-order valence-corrected chi connectivity index (χ1v) is 9.02. The van der Waals surface area contributed by atoms with E-state index in [1.807, 2.05) is 47.7 Å². The molecule has 24 heavy (non-hydrogen) atoms. The van der Waals surface area contributed by atoms with Gasteiger partial charge in [-0.25, -0.2) is 4.98 Å². The zero-order valence-corrected chi connectivity index (χ0v) is 14.4. The van der Waals surface area contributed by atoms with Crippen molar-refractivity contribution < 1.29 is 9.21 Å². The summed E-state index contributed by atoms with van der Waals surface area (Å²) in [4.78, 5) is 21.4. The van der Waals surface area contributed by atoms with Crippen molar-refractivity contribution in [1.82, 2.24) is 9.88 Å². The summed E-state index contributed by atoms with van der Waals surface area (Å²) in [5.74, 6) is 0.959. The third kappa shape index (κ3) is 2.89. The second-order valence-corrected chi connectivity index (χ2v) is 6.93. The molecule has 0 aliphatic carbocycles. The number of benzene rings is 1. The van der Waals surface area contributed by atoms with Crippen molar-refractivity contribution in [2.24, 2.45) is 0 Å². The van der Waals surface area contributed by atoms with Crippen LogP contribution in [0.15, 0.2) is 40.3 Å². The van der Waals surface area contributed by atoms with Crippen molar-refractivity contribution in [2.45, 2.75) is 13.3 Å². The summed E-state index contributed by atoms with van der Waals surface area (Å²) < 4.78 is 5.59. The van der Waals surface area contributed by atoms with Gasteiger partial charge in [-0.3, -0.25) is 4.79 Å². The molecule has 2 aromatic heterocycles. The average Bonchev–Trinajstić information content (AvgIpc) is 3.17. The highest BCUT2D eigenvalue weighted by Gasteiger charge is 2.21. The Kier molecular flexibility index (Phi) is 3.98. The van der Waals surface area contributed by atoms with Gasteiger partial charge in [0.1, 0.15) is 11.3 Å². The van der Waals surface area contributed by atoms with Gasteiger partial charge in [-0.15, -0.1) is 11.3 Å². The molecule has 0 atom stereocenters. The Balaban J connectivity index is 1.51. The van der Waals surface area contributed by atoms with E-state index in [0.29, 0.717) is 0 Å². The van der Waals surface area contributed by atoms with E-state index in [2.05, 4.69) is 9.88 Å². The predicted octanol–water partition coefficient (Wildman–Crippen LogP) is 3.55. The van der Waals surface area contributed by atoms with Gasteiger partial charge in [-0.2, -0.15) is 0 Å². The maximum Gasteiger partial charge on any atom is 0.253 e. The molecule has 1 saturated heterocycles. The molecule has 1 amide bonds. The van der Waals surface area contributed by atoms with Crippen LogP contribution in [0.2, 0.25) is 0 Å². The zero-order valence-electron chi connectivity index (χ0n) is 13.6. The van der Waals surface area contributed by atoms with Gasteiger partial charge in [0.2, 0.25) is 0 Å². The molecule has 0 radical (unpaired) electrons. The number of fused-ring (bicyclic) bond motifs is 1. The Morgan fingerprint density at radius 2 is 2.12 bits per heavy atom. The van der Waals surface area contributed by atoms with Crippen LogP contribution < -0.4 is 4.90 Å². The second kappa shape index (κ2) is 6.28. The number of amides is 1. The molecule has 0 spiro atoms. The summed E-state index contributed by atoms with van der Waals surface area (Å²) in [6.07, 6.45) is 2.79. The minimum absolute atomic E-state index is 0.0942. The van der Waals surface area contributed by atoms with Crippen LogP contribution >= 0.6 is 11.3 Å². The Bertz CT molecular complexity index is 856. The highest BCUT2D eigenvalue weighted by Crippen LogP contribution is 2.22. The number of furan rings is 1. The molecule has 4 rings (SSSR count). The summed E-state index contributed by atoms with van der Waals surface area (Å²) >= 11 is 1.65. The van der Waals surface area contributed by atoms with E-state index in [1.54, 1.807) is 11.3 Å². The van der Waals surface area contributed by atoms with Crippen molar-refractivity contribution in [3.05, 3.63) is 47.2 Å². The summed E-state index contributed by atoms with van der Waals surface area (Å²) in [6, 6.07) is 7.64. The number of hydrogen-bond donors (Lipinski definition) is 0. The van der Waals surface area contributed by atoms with Gasteiger partial charge in [0.05, 0.1) is 0 Å². The maximum absolute atomic E-state index is 12.9. The van der Waals surface area contributed by atoms with Gasteiger partial charge in [-0.05, 0) is 37.6 Å². The third-order valence-electron chi connectivity index (χ3n) is 4.36. The van der Waals surface area contributed by atoms with Gasteiger partial charge < -0.3 is 14.2 Å². The van der Waals surface area contributed by atoms with Crippen molar-refractivity contribution >= 4 is 33.3 Å². The molecule has 0 bridgehead atoms. The maximum atomic E-state index is 12.9. The van der Waals surface area contributed by atoms with Crippen molar-refractivity contribution in [3.8, 4) is 0 Å². The van der Waals surface area contributed by atoms with E-state index >= 15 is 0 Å². The van der Waals surface area contributed by atoms with Crippen LogP contribution in [-0.2, 0) is 0 Å². The Hall–Kier alpha value is -2.34. The lowest BCUT2D eigenvalue weighted by Gasteiger charge is -2.21. The van der Waals surface area contributed by atoms with Gasteiger partial charge in [0.25, 0.3) is 5.91 Å². The van der Waals surface area contributed by atoms with Crippen molar-refractivity contribution in [2.75, 3.05) is 31.1 Å². The molecule has 1 aromatic carbocycles. The minimum Gasteiger partial charge on any atom is -0.461 e. The van der Waals surface area contributed by atoms with Crippen LogP contribution in [0, 0.1) is 6.92 Å². The number of aryl methyl sites for hydroxylation is 1. The van der Waals surface area contributed by atoms with Crippen LogP contribution in [-0.4, -0.2) is 42.0 Å². The fourth-order valence-electron chi connectivity index (χ4n) is 3.18. The van der Waals surface area contributed by atoms with Gasteiger partial charge >= 0.3 is 0 Å². The molecule has 6 heteroatoms. The van der Waals surface area contributed by atoms with E-state index in [4.69, 9.17) is 4.42 Å². The van der Waals surface area contributed by atoms with Crippen LogP contribution in [0.25, 0.3) is 11.0 Å². The van der Waals surface area contributed by atoms with Crippen LogP contribution in [0.4, 0.5) is 5.13 Å². The van der Waals surface area contributed by atoms with Gasteiger partial charge in [0.15, 0.2) is 5.13 Å². The number of carbonyl (C=O) groups excluding carboxylic acids is 1. The SMILES string of the molecule is Cc1cc2cc(C(=O)N3CCCN(c4nccs4)CC3)ccc2o1.